The van der Waals surface area contributed by atoms with Crippen LogP contribution in [0.3, 0.4) is 0 Å². The SMILES string of the molecule is CC(C)c1ccccc1O[C@@H](C)C(=O)NCc1nc(-c2cccs2)no1. The average Bonchev–Trinajstić information content (AvgIpc) is 3.31. The Balaban J connectivity index is 1.57. The van der Waals surface area contributed by atoms with E-state index < -0.39 is 6.10 Å². The zero-order valence-corrected chi connectivity index (χ0v) is 15.7. The number of nitrogens with zero attached hydrogens (tertiary/aromatic N) is 2. The van der Waals surface area contributed by atoms with Gasteiger partial charge in [0.2, 0.25) is 11.7 Å². The van der Waals surface area contributed by atoms with E-state index in [4.69, 9.17) is 9.26 Å². The van der Waals surface area contributed by atoms with Crippen LogP contribution in [-0.2, 0) is 11.3 Å². The maximum absolute atomic E-state index is 12.3. The van der Waals surface area contributed by atoms with Gasteiger partial charge in [-0.3, -0.25) is 4.79 Å². The third kappa shape index (κ3) is 4.29. The van der Waals surface area contributed by atoms with E-state index in [1.165, 1.54) is 11.3 Å². The first-order chi connectivity index (χ1) is 12.5. The highest BCUT2D eigenvalue weighted by Crippen LogP contribution is 2.26. The number of rotatable bonds is 7. The molecule has 26 heavy (non-hydrogen) atoms. The molecule has 136 valence electrons. The number of para-hydroxylation sites is 1. The molecule has 0 saturated heterocycles. The van der Waals surface area contributed by atoms with Crippen LogP contribution in [0.4, 0.5) is 0 Å². The number of aromatic nitrogens is 2. The Morgan fingerprint density at radius 2 is 2.04 bits per heavy atom. The van der Waals surface area contributed by atoms with Crippen LogP contribution in [0.2, 0.25) is 0 Å². The van der Waals surface area contributed by atoms with Crippen LogP contribution in [0.1, 0.15) is 38.1 Å². The number of nitrogens with one attached hydrogen (secondary N) is 1. The summed E-state index contributed by atoms with van der Waals surface area (Å²) in [6.45, 7) is 6.06. The molecule has 1 atom stereocenters. The molecule has 0 unspecified atom stereocenters. The smallest absolute Gasteiger partial charge is 0.261 e. The van der Waals surface area contributed by atoms with E-state index in [-0.39, 0.29) is 12.5 Å². The van der Waals surface area contributed by atoms with Gasteiger partial charge in [0.05, 0.1) is 11.4 Å². The maximum Gasteiger partial charge on any atom is 0.261 e. The Hall–Kier alpha value is -2.67. The van der Waals surface area contributed by atoms with Crippen LogP contribution in [0.25, 0.3) is 10.7 Å². The Morgan fingerprint density at radius 1 is 1.23 bits per heavy atom. The fourth-order valence-corrected chi connectivity index (χ4v) is 3.10. The lowest BCUT2D eigenvalue weighted by Gasteiger charge is -2.18. The summed E-state index contributed by atoms with van der Waals surface area (Å²) in [5.41, 5.74) is 1.07. The minimum atomic E-state index is -0.630. The topological polar surface area (TPSA) is 77.2 Å². The second kappa shape index (κ2) is 8.14. The van der Waals surface area contributed by atoms with Crippen LogP contribution in [0.15, 0.2) is 46.3 Å². The first kappa shape index (κ1) is 18.1. The fourth-order valence-electron chi connectivity index (χ4n) is 2.45. The van der Waals surface area contributed by atoms with Crippen molar-refractivity contribution in [2.75, 3.05) is 0 Å². The third-order valence-corrected chi connectivity index (χ3v) is 4.70. The van der Waals surface area contributed by atoms with Crippen LogP contribution in [-0.4, -0.2) is 22.2 Å². The third-order valence-electron chi connectivity index (χ3n) is 3.84. The number of carbonyl (C=O) groups excluding carboxylic acids is 1. The molecule has 2 aromatic heterocycles. The second-order valence-electron chi connectivity index (χ2n) is 6.16. The number of ether oxygens (including phenoxy) is 1. The summed E-state index contributed by atoms with van der Waals surface area (Å²) in [6.07, 6.45) is -0.630. The summed E-state index contributed by atoms with van der Waals surface area (Å²) in [7, 11) is 0. The number of hydrogen-bond donors (Lipinski definition) is 1. The number of amides is 1. The molecule has 0 aliphatic heterocycles. The number of carbonyl (C=O) groups is 1. The van der Waals surface area contributed by atoms with Crippen molar-refractivity contribution in [1.82, 2.24) is 15.5 Å². The van der Waals surface area contributed by atoms with Crippen LogP contribution in [0, 0.1) is 0 Å². The van der Waals surface area contributed by atoms with Crippen molar-refractivity contribution in [3.05, 3.63) is 53.2 Å². The van der Waals surface area contributed by atoms with Gasteiger partial charge in [-0.25, -0.2) is 0 Å². The molecule has 0 fully saturated rings. The predicted octanol–water partition coefficient (Wildman–Crippen LogP) is 4.01. The standard InChI is InChI=1S/C19H21N3O3S/c1-12(2)14-7-4-5-8-15(14)24-13(3)19(23)20-11-17-21-18(22-25-17)16-9-6-10-26-16/h4-10,12-13H,11H2,1-3H3,(H,20,23)/t13-/m0/s1. The molecule has 0 aliphatic carbocycles. The average molecular weight is 371 g/mol. The van der Waals surface area contributed by atoms with E-state index >= 15 is 0 Å². The van der Waals surface area contributed by atoms with Crippen molar-refractivity contribution >= 4 is 17.2 Å². The van der Waals surface area contributed by atoms with Crippen molar-refractivity contribution in [3.8, 4) is 16.5 Å². The van der Waals surface area contributed by atoms with E-state index in [9.17, 15) is 4.79 Å². The molecule has 1 aromatic carbocycles. The quantitative estimate of drug-likeness (QED) is 0.679. The summed E-state index contributed by atoms with van der Waals surface area (Å²) >= 11 is 1.53. The summed E-state index contributed by atoms with van der Waals surface area (Å²) in [5.74, 6) is 1.69. The first-order valence-electron chi connectivity index (χ1n) is 8.44. The minimum Gasteiger partial charge on any atom is -0.481 e. The van der Waals surface area contributed by atoms with Crippen LogP contribution < -0.4 is 10.1 Å². The zero-order valence-electron chi connectivity index (χ0n) is 14.9. The van der Waals surface area contributed by atoms with E-state index in [0.717, 1.165) is 16.2 Å². The fraction of sp³-hybridized carbons (Fsp3) is 0.316. The second-order valence-corrected chi connectivity index (χ2v) is 7.11. The lowest BCUT2D eigenvalue weighted by Crippen LogP contribution is -2.36. The largest absolute Gasteiger partial charge is 0.481 e. The Morgan fingerprint density at radius 3 is 2.77 bits per heavy atom. The van der Waals surface area contributed by atoms with E-state index in [0.29, 0.717) is 17.6 Å². The van der Waals surface area contributed by atoms with Crippen molar-refractivity contribution in [2.24, 2.45) is 0 Å². The van der Waals surface area contributed by atoms with Crippen molar-refractivity contribution in [1.29, 1.82) is 0 Å². The van der Waals surface area contributed by atoms with E-state index in [1.807, 2.05) is 41.8 Å². The van der Waals surface area contributed by atoms with Crippen molar-refractivity contribution in [3.63, 3.8) is 0 Å². The molecule has 7 heteroatoms. The van der Waals surface area contributed by atoms with Crippen LogP contribution in [0.5, 0.6) is 5.75 Å². The summed E-state index contributed by atoms with van der Waals surface area (Å²) < 4.78 is 11.0. The predicted molar refractivity (Wildman–Crippen MR) is 100 cm³/mol. The highest BCUT2D eigenvalue weighted by Gasteiger charge is 2.18. The van der Waals surface area contributed by atoms with Crippen LogP contribution >= 0.6 is 11.3 Å². The van der Waals surface area contributed by atoms with Gasteiger partial charge in [0.1, 0.15) is 5.75 Å². The zero-order chi connectivity index (χ0) is 18.5. The molecule has 0 saturated carbocycles. The summed E-state index contributed by atoms with van der Waals surface area (Å²) in [5, 5.41) is 8.64. The lowest BCUT2D eigenvalue weighted by atomic mass is 10.0. The highest BCUT2D eigenvalue weighted by atomic mass is 32.1. The molecule has 0 spiro atoms. The normalized spacial score (nSPS) is 12.2. The molecule has 1 N–H and O–H groups in total. The maximum atomic E-state index is 12.3. The lowest BCUT2D eigenvalue weighted by molar-refractivity contribution is -0.127. The molecular formula is C19H21N3O3S. The van der Waals surface area contributed by atoms with Gasteiger partial charge in [0.25, 0.3) is 5.91 Å². The van der Waals surface area contributed by atoms with Gasteiger partial charge >= 0.3 is 0 Å². The molecule has 3 rings (SSSR count). The molecule has 1 amide bonds. The summed E-state index contributed by atoms with van der Waals surface area (Å²) in [6, 6.07) is 11.6. The molecule has 6 nitrogen and oxygen atoms in total. The van der Waals surface area contributed by atoms with Gasteiger partial charge in [-0.15, -0.1) is 11.3 Å². The van der Waals surface area contributed by atoms with Gasteiger partial charge in [-0.05, 0) is 35.9 Å². The molecule has 3 aromatic rings. The Bertz CT molecular complexity index is 859. The number of benzene rings is 1. The monoisotopic (exact) mass is 371 g/mol. The number of hydrogen-bond acceptors (Lipinski definition) is 6. The summed E-state index contributed by atoms with van der Waals surface area (Å²) in [4.78, 5) is 17.5. The molecule has 2 heterocycles. The molecule has 0 radical (unpaired) electrons. The van der Waals surface area contributed by atoms with Gasteiger partial charge in [-0.2, -0.15) is 4.98 Å². The molecule has 0 aliphatic rings. The minimum absolute atomic E-state index is 0.163. The van der Waals surface area contributed by atoms with Gasteiger partial charge in [0.15, 0.2) is 6.10 Å². The van der Waals surface area contributed by atoms with Crippen molar-refractivity contribution < 1.29 is 14.1 Å². The Labute approximate surface area is 156 Å². The van der Waals surface area contributed by atoms with Gasteiger partial charge in [-0.1, -0.05) is 43.3 Å². The number of thiophene rings is 1. The van der Waals surface area contributed by atoms with Crippen molar-refractivity contribution in [2.45, 2.75) is 39.3 Å². The van der Waals surface area contributed by atoms with E-state index in [2.05, 4.69) is 29.3 Å². The molecular weight excluding hydrogens is 350 g/mol. The highest BCUT2D eigenvalue weighted by molar-refractivity contribution is 7.13. The first-order valence-corrected chi connectivity index (χ1v) is 9.32. The Kier molecular flexibility index (Phi) is 5.68. The van der Waals surface area contributed by atoms with E-state index in [1.54, 1.807) is 6.92 Å². The molecule has 0 bridgehead atoms. The van der Waals surface area contributed by atoms with Gasteiger partial charge < -0.3 is 14.6 Å². The van der Waals surface area contributed by atoms with Gasteiger partial charge in [0, 0.05) is 0 Å².